The number of esters is 1. The second-order valence-corrected chi connectivity index (χ2v) is 16.3. The Morgan fingerprint density at radius 1 is 0.712 bits per heavy atom. The van der Waals surface area contributed by atoms with E-state index in [0.29, 0.717) is 31.4 Å². The summed E-state index contributed by atoms with van der Waals surface area (Å²) < 4.78 is 10.7. The predicted octanol–water partition coefficient (Wildman–Crippen LogP) is 1.19. The monoisotopic (exact) mass is 823 g/mol. The van der Waals surface area contributed by atoms with Crippen LogP contribution in [0.25, 0.3) is 10.8 Å². The number of aliphatic imine (C=N–C) groups is 1. The Morgan fingerprint density at radius 2 is 1.29 bits per heavy atom. The molecule has 18 heteroatoms. The third-order valence-corrected chi connectivity index (χ3v) is 8.82. The maximum absolute atomic E-state index is 14.3. The summed E-state index contributed by atoms with van der Waals surface area (Å²) in [5.41, 5.74) is 4.83. The molecule has 3 rings (SSSR count). The van der Waals surface area contributed by atoms with Crippen LogP contribution >= 0.6 is 0 Å². The predicted molar refractivity (Wildman–Crippen MR) is 222 cm³/mol. The molecule has 324 valence electrons. The van der Waals surface area contributed by atoms with E-state index in [0.717, 1.165) is 10.8 Å². The van der Waals surface area contributed by atoms with Gasteiger partial charge in [-0.15, -0.1) is 0 Å². The Kier molecular flexibility index (Phi) is 17.9. The van der Waals surface area contributed by atoms with Crippen molar-refractivity contribution in [3.8, 4) is 0 Å². The molecule has 59 heavy (non-hydrogen) atoms. The molecule has 2 aromatic carbocycles. The second-order valence-electron chi connectivity index (χ2n) is 16.3. The van der Waals surface area contributed by atoms with Gasteiger partial charge in [-0.2, -0.15) is 0 Å². The van der Waals surface area contributed by atoms with Gasteiger partial charge < -0.3 is 52.4 Å². The summed E-state index contributed by atoms with van der Waals surface area (Å²) in [7, 11) is 1.51. The summed E-state index contributed by atoms with van der Waals surface area (Å²) >= 11 is 0. The highest BCUT2D eigenvalue weighted by Crippen LogP contribution is 2.18. The van der Waals surface area contributed by atoms with Gasteiger partial charge in [0, 0.05) is 26.6 Å². The van der Waals surface area contributed by atoms with Crippen LogP contribution in [0.3, 0.4) is 0 Å². The summed E-state index contributed by atoms with van der Waals surface area (Å²) in [6.07, 6.45) is 0.0995. The first-order chi connectivity index (χ1) is 27.7. The van der Waals surface area contributed by atoms with E-state index in [9.17, 15) is 33.6 Å². The third-order valence-electron chi connectivity index (χ3n) is 8.82. The summed E-state index contributed by atoms with van der Waals surface area (Å²) in [6.45, 7) is 10.1. The number of benzene rings is 2. The molecule has 0 saturated carbocycles. The highest BCUT2D eigenvalue weighted by atomic mass is 16.6. The van der Waals surface area contributed by atoms with Crippen LogP contribution in [0.15, 0.2) is 47.5 Å². The SMILES string of the molecule is CN=C(N)NCCCC1NC(=O)C(CCCCNC(=O)OC(C)(C)C)NC(=O)C(Cc2ccc3ccccc3c2)NC(=O)C(CC(=O)OC(C)(C)C)NC(=O)CNC1=O. The van der Waals surface area contributed by atoms with Crippen LogP contribution < -0.4 is 43.0 Å². The van der Waals surface area contributed by atoms with Gasteiger partial charge in [0.1, 0.15) is 35.4 Å². The summed E-state index contributed by atoms with van der Waals surface area (Å²) in [5.74, 6) is -4.37. The lowest BCUT2D eigenvalue weighted by molar-refractivity contribution is -0.156. The number of hydrogen-bond acceptors (Lipinski definition) is 10. The zero-order valence-electron chi connectivity index (χ0n) is 35.1. The molecule has 1 fully saturated rings. The number of ether oxygens (including phenoxy) is 2. The molecule has 4 atom stereocenters. The van der Waals surface area contributed by atoms with Crippen LogP contribution in [0.5, 0.6) is 0 Å². The minimum Gasteiger partial charge on any atom is -0.460 e. The van der Waals surface area contributed by atoms with E-state index in [4.69, 9.17) is 15.2 Å². The van der Waals surface area contributed by atoms with E-state index < -0.39 is 89.9 Å². The first-order valence-electron chi connectivity index (χ1n) is 19.8. The van der Waals surface area contributed by atoms with Gasteiger partial charge in [-0.05, 0) is 90.0 Å². The number of rotatable bonds is 13. The molecule has 1 heterocycles. The van der Waals surface area contributed by atoms with Crippen LogP contribution in [0.1, 0.15) is 85.6 Å². The van der Waals surface area contributed by atoms with Crippen molar-refractivity contribution in [1.82, 2.24) is 37.2 Å². The van der Waals surface area contributed by atoms with Gasteiger partial charge in [-0.25, -0.2) is 4.79 Å². The molecule has 2 aromatic rings. The first kappa shape index (κ1) is 47.4. The Bertz CT molecular complexity index is 1840. The Hall–Kier alpha value is -5.94. The number of nitrogens with two attached hydrogens (primary N) is 1. The normalized spacial score (nSPS) is 20.1. The molecule has 0 bridgehead atoms. The molecule has 1 saturated heterocycles. The van der Waals surface area contributed by atoms with Gasteiger partial charge in [0.25, 0.3) is 0 Å². The Morgan fingerprint density at radius 3 is 1.95 bits per heavy atom. The lowest BCUT2D eigenvalue weighted by Gasteiger charge is -2.26. The maximum atomic E-state index is 14.3. The molecule has 9 N–H and O–H groups in total. The lowest BCUT2D eigenvalue weighted by Crippen LogP contribution is -2.58. The van der Waals surface area contributed by atoms with E-state index in [2.05, 4.69) is 42.2 Å². The number of carbonyl (C=O) groups excluding carboxylic acids is 7. The molecule has 0 radical (unpaired) electrons. The van der Waals surface area contributed by atoms with Crippen LogP contribution in [-0.2, 0) is 44.7 Å². The minimum absolute atomic E-state index is 0.0243. The van der Waals surface area contributed by atoms with Gasteiger partial charge in [-0.1, -0.05) is 42.5 Å². The quantitative estimate of drug-likeness (QED) is 0.0616. The molecular weight excluding hydrogens is 763 g/mol. The van der Waals surface area contributed by atoms with Crippen LogP contribution in [0.2, 0.25) is 0 Å². The van der Waals surface area contributed by atoms with Crippen molar-refractivity contribution < 1.29 is 43.0 Å². The van der Waals surface area contributed by atoms with Crippen LogP contribution in [0.4, 0.5) is 4.79 Å². The fourth-order valence-corrected chi connectivity index (χ4v) is 6.04. The van der Waals surface area contributed by atoms with Crippen molar-refractivity contribution in [2.75, 3.05) is 26.7 Å². The van der Waals surface area contributed by atoms with Gasteiger partial charge in [-0.3, -0.25) is 33.8 Å². The van der Waals surface area contributed by atoms with E-state index in [1.165, 1.54) is 7.05 Å². The summed E-state index contributed by atoms with van der Waals surface area (Å²) in [6, 6.07) is 8.06. The number of amides is 6. The average molecular weight is 824 g/mol. The maximum Gasteiger partial charge on any atom is 0.407 e. The molecule has 1 aliphatic rings. The fourth-order valence-electron chi connectivity index (χ4n) is 6.04. The van der Waals surface area contributed by atoms with Gasteiger partial charge in [0.2, 0.25) is 29.5 Å². The molecule has 0 spiro atoms. The van der Waals surface area contributed by atoms with Gasteiger partial charge >= 0.3 is 12.1 Å². The average Bonchev–Trinajstić information content (AvgIpc) is 3.14. The minimum atomic E-state index is -1.49. The second kappa shape index (κ2) is 22.3. The van der Waals surface area contributed by atoms with Crippen LogP contribution in [0, 0.1) is 0 Å². The number of carbonyl (C=O) groups is 7. The van der Waals surface area contributed by atoms with Crippen molar-refractivity contribution in [2.24, 2.45) is 10.7 Å². The largest absolute Gasteiger partial charge is 0.460 e. The lowest BCUT2D eigenvalue weighted by atomic mass is 10.00. The number of nitrogens with one attached hydrogen (secondary N) is 7. The number of guanidine groups is 1. The van der Waals surface area contributed by atoms with Gasteiger partial charge in [0.05, 0.1) is 13.0 Å². The topological polar surface area (TPSA) is 261 Å². The standard InChI is InChI=1S/C41H61N9O9/c1-40(2,3)58-33(52)23-31-37(56)50-30(22-25-17-18-26-13-8-9-14-27(26)21-25)36(55)49-29(15-10-11-19-45-39(57)59-41(4,5)6)35(54)48-28(16-12-20-44-38(42)43-7)34(53)46-24-32(51)47-31/h8-9,13-14,17-18,21,28-31H,10-12,15-16,19-20,22-24H2,1-7H3,(H,45,57)(H,46,53)(H,47,51)(H,48,54)(H,49,55)(H,50,56)(H3,42,43,44). The summed E-state index contributed by atoms with van der Waals surface area (Å²) in [4.78, 5) is 98.0. The molecule has 4 unspecified atom stereocenters. The van der Waals surface area contributed by atoms with Crippen molar-refractivity contribution >= 4 is 58.3 Å². The molecule has 1 aliphatic heterocycles. The first-order valence-corrected chi connectivity index (χ1v) is 19.8. The number of nitrogens with zero attached hydrogens (tertiary/aromatic N) is 1. The number of alkyl carbamates (subject to hydrolysis) is 1. The molecule has 0 aromatic heterocycles. The number of hydrogen-bond donors (Lipinski definition) is 8. The number of unbranched alkanes of at least 4 members (excludes halogenated alkanes) is 1. The van der Waals surface area contributed by atoms with Crippen molar-refractivity contribution in [3.05, 3.63) is 48.0 Å². The highest BCUT2D eigenvalue weighted by molar-refractivity contribution is 5.98. The smallest absolute Gasteiger partial charge is 0.407 e. The van der Waals surface area contributed by atoms with Gasteiger partial charge in [0.15, 0.2) is 5.96 Å². The zero-order valence-corrected chi connectivity index (χ0v) is 35.1. The molecule has 0 aliphatic carbocycles. The number of fused-ring (bicyclic) bond motifs is 1. The molecule has 18 nitrogen and oxygen atoms in total. The summed E-state index contributed by atoms with van der Waals surface area (Å²) in [5, 5.41) is 20.6. The van der Waals surface area contributed by atoms with Crippen molar-refractivity contribution in [1.29, 1.82) is 0 Å². The fraction of sp³-hybridized carbons (Fsp3) is 0.561. The molecular formula is C41H61N9O9. The van der Waals surface area contributed by atoms with Crippen molar-refractivity contribution in [3.63, 3.8) is 0 Å². The van der Waals surface area contributed by atoms with E-state index >= 15 is 0 Å². The molecule has 6 amide bonds. The van der Waals surface area contributed by atoms with Crippen LogP contribution in [-0.4, -0.2) is 110 Å². The highest BCUT2D eigenvalue weighted by Gasteiger charge is 2.34. The zero-order chi connectivity index (χ0) is 43.8. The van der Waals surface area contributed by atoms with E-state index in [-0.39, 0.29) is 31.8 Å². The third kappa shape index (κ3) is 17.6. The van der Waals surface area contributed by atoms with E-state index in [1.807, 2.05) is 42.5 Å². The Labute approximate surface area is 345 Å². The Balaban J connectivity index is 1.98. The van der Waals surface area contributed by atoms with Crippen molar-refractivity contribution in [2.45, 2.75) is 122 Å². The van der Waals surface area contributed by atoms with E-state index in [1.54, 1.807) is 41.5 Å².